The van der Waals surface area contributed by atoms with Gasteiger partial charge in [0.15, 0.2) is 0 Å². The van der Waals surface area contributed by atoms with Crippen LogP contribution in [-0.2, 0) is 23.6 Å². The number of amides is 1. The highest BCUT2D eigenvalue weighted by Gasteiger charge is 2.16. The maximum atomic E-state index is 11.7. The number of rotatable bonds is 10. The number of nitrogens with zero attached hydrogens (tertiary/aromatic N) is 3. The Morgan fingerprint density at radius 3 is 2.72 bits per heavy atom. The molecule has 1 aromatic heterocycles. The molecule has 3 rings (SSSR count). The predicted octanol–water partition coefficient (Wildman–Crippen LogP) is 3.44. The Balaban J connectivity index is 1.25. The van der Waals surface area contributed by atoms with Crippen molar-refractivity contribution in [3.8, 4) is 0 Å². The summed E-state index contributed by atoms with van der Waals surface area (Å²) < 4.78 is 5.20. The summed E-state index contributed by atoms with van der Waals surface area (Å²) >= 11 is 3.53. The summed E-state index contributed by atoms with van der Waals surface area (Å²) in [6.07, 6.45) is -0.367. The SMILES string of the molecule is CCN1CCN(Cc2nc(CSCCNC(=O)OCc3ccccc3)cs2)CC1. The summed E-state index contributed by atoms with van der Waals surface area (Å²) in [6, 6.07) is 9.69. The quantitative estimate of drug-likeness (QED) is 0.578. The van der Waals surface area contributed by atoms with Gasteiger partial charge >= 0.3 is 6.09 Å². The Hall–Kier alpha value is -1.61. The number of thiazole rings is 1. The number of carbonyl (C=O) groups is 1. The smallest absolute Gasteiger partial charge is 0.407 e. The number of thioether (sulfide) groups is 1. The van der Waals surface area contributed by atoms with Gasteiger partial charge in [0, 0.05) is 49.6 Å². The number of aromatic nitrogens is 1. The van der Waals surface area contributed by atoms with E-state index >= 15 is 0 Å². The van der Waals surface area contributed by atoms with Crippen LogP contribution in [0.1, 0.15) is 23.2 Å². The van der Waals surface area contributed by atoms with E-state index in [-0.39, 0.29) is 6.09 Å². The molecule has 2 aromatic rings. The van der Waals surface area contributed by atoms with E-state index in [9.17, 15) is 4.79 Å². The first-order valence-electron chi connectivity index (χ1n) is 10.1. The summed E-state index contributed by atoms with van der Waals surface area (Å²) in [5, 5.41) is 6.16. The molecule has 2 heterocycles. The first kappa shape index (κ1) is 22.1. The fraction of sp³-hybridized carbons (Fsp3) is 0.524. The Labute approximate surface area is 181 Å². The highest BCUT2D eigenvalue weighted by molar-refractivity contribution is 7.98. The van der Waals surface area contributed by atoms with E-state index < -0.39 is 0 Å². The fourth-order valence-corrected chi connectivity index (χ4v) is 4.81. The third kappa shape index (κ3) is 7.97. The lowest BCUT2D eigenvalue weighted by Gasteiger charge is -2.33. The zero-order chi connectivity index (χ0) is 20.3. The van der Waals surface area contributed by atoms with Crippen LogP contribution in [0.5, 0.6) is 0 Å². The Bertz CT molecular complexity index is 733. The Morgan fingerprint density at radius 2 is 1.97 bits per heavy atom. The molecule has 0 bridgehead atoms. The highest BCUT2D eigenvalue weighted by Crippen LogP contribution is 2.17. The molecule has 0 unspecified atom stereocenters. The van der Waals surface area contributed by atoms with E-state index in [1.807, 2.05) is 30.3 Å². The van der Waals surface area contributed by atoms with Crippen molar-refractivity contribution in [3.05, 3.63) is 52.0 Å². The average molecular weight is 435 g/mol. The molecule has 1 saturated heterocycles. The van der Waals surface area contributed by atoms with Crippen LogP contribution in [-0.4, -0.2) is 65.9 Å². The average Bonchev–Trinajstić information content (AvgIpc) is 3.20. The number of nitrogens with one attached hydrogen (secondary N) is 1. The molecule has 0 aliphatic carbocycles. The van der Waals surface area contributed by atoms with Crippen molar-refractivity contribution in [3.63, 3.8) is 0 Å². The van der Waals surface area contributed by atoms with Crippen molar-refractivity contribution in [2.24, 2.45) is 0 Å². The van der Waals surface area contributed by atoms with Gasteiger partial charge in [-0.3, -0.25) is 4.90 Å². The molecule has 0 spiro atoms. The van der Waals surface area contributed by atoms with Crippen molar-refractivity contribution in [1.82, 2.24) is 20.1 Å². The summed E-state index contributed by atoms with van der Waals surface area (Å²) in [6.45, 7) is 9.80. The van der Waals surface area contributed by atoms with Crippen LogP contribution in [0.15, 0.2) is 35.7 Å². The van der Waals surface area contributed by atoms with E-state index in [0.717, 1.165) is 62.0 Å². The lowest BCUT2D eigenvalue weighted by atomic mass is 10.2. The van der Waals surface area contributed by atoms with Crippen molar-refractivity contribution in [1.29, 1.82) is 0 Å². The zero-order valence-corrected chi connectivity index (χ0v) is 18.6. The molecule has 0 atom stereocenters. The van der Waals surface area contributed by atoms with Crippen LogP contribution in [0.25, 0.3) is 0 Å². The topological polar surface area (TPSA) is 57.7 Å². The summed E-state index contributed by atoms with van der Waals surface area (Å²) in [5.41, 5.74) is 2.12. The van der Waals surface area contributed by atoms with Gasteiger partial charge in [-0.25, -0.2) is 9.78 Å². The molecule has 1 N–H and O–H groups in total. The van der Waals surface area contributed by atoms with Gasteiger partial charge in [-0.05, 0) is 12.1 Å². The van der Waals surface area contributed by atoms with E-state index in [1.54, 1.807) is 23.1 Å². The molecule has 1 amide bonds. The third-order valence-corrected chi connectivity index (χ3v) is 6.72. The molecule has 0 radical (unpaired) electrons. The molecule has 158 valence electrons. The number of hydrogen-bond donors (Lipinski definition) is 1. The predicted molar refractivity (Wildman–Crippen MR) is 120 cm³/mol. The van der Waals surface area contributed by atoms with Crippen LogP contribution in [0.2, 0.25) is 0 Å². The van der Waals surface area contributed by atoms with Crippen molar-refractivity contribution >= 4 is 29.2 Å². The van der Waals surface area contributed by atoms with E-state index in [4.69, 9.17) is 9.72 Å². The fourth-order valence-electron chi connectivity index (χ4n) is 3.12. The van der Waals surface area contributed by atoms with Crippen molar-refractivity contribution < 1.29 is 9.53 Å². The van der Waals surface area contributed by atoms with Gasteiger partial charge < -0.3 is 15.0 Å². The zero-order valence-electron chi connectivity index (χ0n) is 17.0. The number of likely N-dealkylation sites (N-methyl/N-ethyl adjacent to an activating group) is 1. The van der Waals surface area contributed by atoms with Crippen LogP contribution < -0.4 is 5.32 Å². The van der Waals surface area contributed by atoms with E-state index in [1.165, 1.54) is 5.01 Å². The monoisotopic (exact) mass is 434 g/mol. The van der Waals surface area contributed by atoms with Crippen molar-refractivity contribution in [2.75, 3.05) is 45.0 Å². The molecule has 1 aliphatic rings. The lowest BCUT2D eigenvalue weighted by Crippen LogP contribution is -2.45. The molecular formula is C21H30N4O2S2. The largest absolute Gasteiger partial charge is 0.445 e. The number of alkyl carbamates (subject to hydrolysis) is 1. The van der Waals surface area contributed by atoms with Gasteiger partial charge in [0.25, 0.3) is 0 Å². The minimum absolute atomic E-state index is 0.301. The molecule has 0 saturated carbocycles. The second kappa shape index (κ2) is 12.2. The van der Waals surface area contributed by atoms with E-state index in [2.05, 4.69) is 27.4 Å². The standard InChI is InChI=1S/C21H30N4O2S2/c1-2-24-9-11-25(12-10-24)14-20-23-19(17-29-20)16-28-13-8-22-21(26)27-15-18-6-4-3-5-7-18/h3-7,17H,2,8-16H2,1H3,(H,22,26). The maximum absolute atomic E-state index is 11.7. The normalized spacial score (nSPS) is 15.3. The van der Waals surface area contributed by atoms with Crippen LogP contribution in [0.4, 0.5) is 4.79 Å². The van der Waals surface area contributed by atoms with Gasteiger partial charge in [0.2, 0.25) is 0 Å². The number of piperazine rings is 1. The second-order valence-corrected chi connectivity index (χ2v) is 9.03. The molecule has 1 aliphatic heterocycles. The van der Waals surface area contributed by atoms with Gasteiger partial charge in [0.1, 0.15) is 11.6 Å². The number of carbonyl (C=O) groups excluding carboxylic acids is 1. The third-order valence-electron chi connectivity index (χ3n) is 4.85. The van der Waals surface area contributed by atoms with Crippen LogP contribution in [0, 0.1) is 0 Å². The molecule has 6 nitrogen and oxygen atoms in total. The first-order chi connectivity index (χ1) is 14.2. The first-order valence-corrected chi connectivity index (χ1v) is 12.2. The molecule has 1 aromatic carbocycles. The van der Waals surface area contributed by atoms with Crippen molar-refractivity contribution in [2.45, 2.75) is 25.8 Å². The van der Waals surface area contributed by atoms with Crippen LogP contribution in [0.3, 0.4) is 0 Å². The lowest BCUT2D eigenvalue weighted by molar-refractivity contribution is 0.132. The minimum atomic E-state index is -0.367. The second-order valence-electron chi connectivity index (χ2n) is 6.98. The molecule has 8 heteroatoms. The summed E-state index contributed by atoms with van der Waals surface area (Å²) in [7, 11) is 0. The minimum Gasteiger partial charge on any atom is -0.445 e. The van der Waals surface area contributed by atoms with Gasteiger partial charge in [-0.1, -0.05) is 37.3 Å². The molecule has 29 heavy (non-hydrogen) atoms. The molecular weight excluding hydrogens is 404 g/mol. The highest BCUT2D eigenvalue weighted by atomic mass is 32.2. The van der Waals surface area contributed by atoms with Gasteiger partial charge in [-0.2, -0.15) is 11.8 Å². The summed E-state index contributed by atoms with van der Waals surface area (Å²) in [4.78, 5) is 21.5. The number of hydrogen-bond acceptors (Lipinski definition) is 7. The molecule has 1 fully saturated rings. The van der Waals surface area contributed by atoms with Gasteiger partial charge in [0.05, 0.1) is 12.2 Å². The number of ether oxygens (including phenoxy) is 1. The van der Waals surface area contributed by atoms with E-state index in [0.29, 0.717) is 13.2 Å². The summed E-state index contributed by atoms with van der Waals surface area (Å²) in [5.74, 6) is 1.72. The maximum Gasteiger partial charge on any atom is 0.407 e. The number of benzene rings is 1. The Kier molecular flexibility index (Phi) is 9.27. The Morgan fingerprint density at radius 1 is 1.21 bits per heavy atom. The van der Waals surface area contributed by atoms with Crippen LogP contribution >= 0.6 is 23.1 Å². The van der Waals surface area contributed by atoms with Gasteiger partial charge in [-0.15, -0.1) is 11.3 Å².